The number of halogens is 5. The second kappa shape index (κ2) is 11.6. The fraction of sp³-hybridized carbons (Fsp3) is 0.333. The average Bonchev–Trinajstić information content (AvgIpc) is 3.36. The summed E-state index contributed by atoms with van der Waals surface area (Å²) in [6.07, 6.45) is -1.97. The van der Waals surface area contributed by atoms with E-state index in [4.69, 9.17) is 31.8 Å². The molecule has 2 amide bonds. The zero-order chi connectivity index (χ0) is 33.9. The zero-order valence-electron chi connectivity index (χ0n) is 25.2. The highest BCUT2D eigenvalue weighted by Crippen LogP contribution is 2.49. The number of rotatable bonds is 8. The molecule has 9 nitrogen and oxygen atoms in total. The van der Waals surface area contributed by atoms with Crippen LogP contribution in [0.15, 0.2) is 48.7 Å². The van der Waals surface area contributed by atoms with Gasteiger partial charge >= 0.3 is 6.18 Å². The highest BCUT2D eigenvalue weighted by atomic mass is 35.5. The van der Waals surface area contributed by atoms with Gasteiger partial charge in [-0.3, -0.25) is 14.6 Å². The molecule has 1 aliphatic heterocycles. The normalized spacial score (nSPS) is 19.0. The average molecular weight is 673 g/mol. The van der Waals surface area contributed by atoms with Gasteiger partial charge in [0.25, 0.3) is 5.91 Å². The van der Waals surface area contributed by atoms with Crippen LogP contribution in [0.2, 0.25) is 5.02 Å². The van der Waals surface area contributed by atoms with Crippen LogP contribution in [-0.4, -0.2) is 47.2 Å². The number of aromatic nitrogens is 2. The zero-order valence-corrected chi connectivity index (χ0v) is 25.9. The molecule has 1 unspecified atom stereocenters. The summed E-state index contributed by atoms with van der Waals surface area (Å²) in [5.41, 5.74) is 2.67. The predicted octanol–water partition coefficient (Wildman–Crippen LogP) is 5.67. The molecule has 2 aliphatic rings. The van der Waals surface area contributed by atoms with E-state index in [1.54, 1.807) is 6.92 Å². The molecule has 47 heavy (non-hydrogen) atoms. The molecule has 2 aromatic carbocycles. The summed E-state index contributed by atoms with van der Waals surface area (Å²) in [4.78, 5) is 34.7. The van der Waals surface area contributed by atoms with Gasteiger partial charge in [0.15, 0.2) is 0 Å². The molecule has 246 valence electrons. The second-order valence-electron chi connectivity index (χ2n) is 12.1. The van der Waals surface area contributed by atoms with Gasteiger partial charge in [0, 0.05) is 28.3 Å². The van der Waals surface area contributed by atoms with Crippen molar-refractivity contribution in [1.29, 1.82) is 0 Å². The van der Waals surface area contributed by atoms with Crippen LogP contribution in [0.4, 0.5) is 17.6 Å². The smallest absolute Gasteiger partial charge is 0.417 e. The molecule has 0 spiro atoms. The number of ether oxygens (including phenoxy) is 2. The molecule has 1 aliphatic carbocycles. The predicted molar refractivity (Wildman–Crippen MR) is 164 cm³/mol. The van der Waals surface area contributed by atoms with Crippen molar-refractivity contribution in [3.63, 3.8) is 0 Å². The topological polar surface area (TPSA) is 137 Å². The molecular weight excluding hydrogens is 644 g/mol. The van der Waals surface area contributed by atoms with Crippen molar-refractivity contribution in [2.75, 3.05) is 20.3 Å². The molecule has 0 saturated heterocycles. The van der Waals surface area contributed by atoms with Crippen molar-refractivity contribution in [1.82, 2.24) is 15.3 Å². The molecule has 0 bridgehead atoms. The lowest BCUT2D eigenvalue weighted by atomic mass is 9.70. The van der Waals surface area contributed by atoms with Crippen molar-refractivity contribution in [2.24, 2.45) is 11.7 Å². The van der Waals surface area contributed by atoms with Gasteiger partial charge in [-0.2, -0.15) is 13.2 Å². The highest BCUT2D eigenvalue weighted by Gasteiger charge is 2.48. The van der Waals surface area contributed by atoms with Gasteiger partial charge in [0.1, 0.15) is 46.1 Å². The van der Waals surface area contributed by atoms with Crippen molar-refractivity contribution >= 4 is 34.3 Å². The fourth-order valence-corrected chi connectivity index (χ4v) is 6.07. The molecule has 1 fully saturated rings. The summed E-state index contributed by atoms with van der Waals surface area (Å²) in [6.45, 7) is 1.12. The number of fused-ring (bicyclic) bond motifs is 2. The van der Waals surface area contributed by atoms with Gasteiger partial charge < -0.3 is 25.6 Å². The third-order valence-corrected chi connectivity index (χ3v) is 9.42. The first-order valence-corrected chi connectivity index (χ1v) is 15.0. The number of carbonyl (C=O) groups is 2. The highest BCUT2D eigenvalue weighted by molar-refractivity contribution is 6.30. The van der Waals surface area contributed by atoms with Crippen LogP contribution in [-0.2, 0) is 22.0 Å². The number of carbonyl (C=O) groups excluding carboxylic acids is 2. The van der Waals surface area contributed by atoms with E-state index >= 15 is 0 Å². The van der Waals surface area contributed by atoms with Crippen molar-refractivity contribution < 1.29 is 41.7 Å². The maximum absolute atomic E-state index is 14.6. The Morgan fingerprint density at radius 1 is 1.19 bits per heavy atom. The molecule has 2 aromatic heterocycles. The van der Waals surface area contributed by atoms with Gasteiger partial charge in [0.2, 0.25) is 5.91 Å². The minimum Gasteiger partial charge on any atom is -0.494 e. The Bertz CT molecular complexity index is 1940. The van der Waals surface area contributed by atoms with E-state index in [2.05, 4.69) is 10.3 Å². The maximum atomic E-state index is 14.6. The number of hydrogen-bond donors (Lipinski definition) is 3. The van der Waals surface area contributed by atoms with E-state index < -0.39 is 40.4 Å². The number of benzene rings is 2. The Labute approximate surface area is 271 Å². The molecule has 3 heterocycles. The quantitative estimate of drug-likeness (QED) is 0.205. The number of aliphatic hydroxyl groups is 1. The lowest BCUT2D eigenvalue weighted by Crippen LogP contribution is -2.49. The van der Waals surface area contributed by atoms with Crippen LogP contribution in [0, 0.1) is 11.7 Å². The number of pyridine rings is 2. The largest absolute Gasteiger partial charge is 0.494 e. The third kappa shape index (κ3) is 5.61. The van der Waals surface area contributed by atoms with E-state index in [-0.39, 0.29) is 69.0 Å². The number of nitrogens with zero attached hydrogens (tertiary/aromatic N) is 2. The molecule has 2 atom stereocenters. The summed E-state index contributed by atoms with van der Waals surface area (Å²) >= 11 is 5.91. The van der Waals surface area contributed by atoms with Crippen molar-refractivity contribution in [3.8, 4) is 22.8 Å². The summed E-state index contributed by atoms with van der Waals surface area (Å²) in [6, 6.07) is 9.03. The Hall–Kier alpha value is -4.49. The van der Waals surface area contributed by atoms with Gasteiger partial charge in [-0.15, -0.1) is 0 Å². The van der Waals surface area contributed by atoms with Crippen LogP contribution in [0.3, 0.4) is 0 Å². The standard InChI is InChI=1S/C33H29ClF4N4O5/c1-31(30(39)44)15-47-28-21(31)12-25(42-27(28)16-6-7-22(34)23(35)10-16)32(45,19-4-3-5-19)14-41-29(43)18-8-17-9-20(33(36,37)38)13-40-26(17)24(11-18)46-2/h6-13,19,45H,3-5,14-15H2,1-2H3,(H2,39,44)(H,41,43)/t31-,32?/m0/s1. The molecule has 6 rings (SSSR count). The minimum atomic E-state index is -4.65. The molecule has 1 saturated carbocycles. The monoisotopic (exact) mass is 672 g/mol. The number of alkyl halides is 3. The first-order chi connectivity index (χ1) is 22.2. The first kappa shape index (κ1) is 32.5. The minimum absolute atomic E-state index is 0.0274. The fourth-order valence-electron chi connectivity index (χ4n) is 5.95. The summed E-state index contributed by atoms with van der Waals surface area (Å²) in [7, 11) is 1.30. The maximum Gasteiger partial charge on any atom is 0.417 e. The van der Waals surface area contributed by atoms with Crippen LogP contribution >= 0.6 is 11.6 Å². The number of nitrogens with two attached hydrogens (primary N) is 1. The Morgan fingerprint density at radius 2 is 1.94 bits per heavy atom. The Kier molecular flexibility index (Phi) is 8.03. The van der Waals surface area contributed by atoms with Crippen molar-refractivity contribution in [3.05, 3.63) is 81.9 Å². The van der Waals surface area contributed by atoms with Crippen LogP contribution in [0.5, 0.6) is 11.5 Å². The molecular formula is C33H29ClF4N4O5. The van der Waals surface area contributed by atoms with E-state index in [1.165, 1.54) is 37.4 Å². The Morgan fingerprint density at radius 3 is 2.55 bits per heavy atom. The number of primary amides is 1. The number of methoxy groups -OCH3 is 1. The molecule has 14 heteroatoms. The van der Waals surface area contributed by atoms with Gasteiger partial charge in [0.05, 0.1) is 29.9 Å². The number of nitrogens with one attached hydrogen (secondary N) is 1. The number of amides is 2. The molecule has 4 N–H and O–H groups in total. The summed E-state index contributed by atoms with van der Waals surface area (Å²) in [5, 5.41) is 14.9. The van der Waals surface area contributed by atoms with E-state index in [0.717, 1.165) is 18.6 Å². The molecule has 4 aromatic rings. The second-order valence-corrected chi connectivity index (χ2v) is 12.5. The van der Waals surface area contributed by atoms with Gasteiger partial charge in [-0.25, -0.2) is 9.37 Å². The van der Waals surface area contributed by atoms with Gasteiger partial charge in [-0.1, -0.05) is 24.1 Å². The lowest BCUT2D eigenvalue weighted by molar-refractivity contribution is -0.137. The van der Waals surface area contributed by atoms with Crippen LogP contribution < -0.4 is 20.5 Å². The van der Waals surface area contributed by atoms with E-state index in [1.807, 2.05) is 0 Å². The Balaban J connectivity index is 1.41. The molecule has 0 radical (unpaired) electrons. The van der Waals surface area contributed by atoms with Crippen molar-refractivity contribution in [2.45, 2.75) is 43.4 Å². The summed E-state index contributed by atoms with van der Waals surface area (Å²) < 4.78 is 66.0. The van der Waals surface area contributed by atoms with E-state index in [9.17, 15) is 32.3 Å². The van der Waals surface area contributed by atoms with E-state index in [0.29, 0.717) is 24.6 Å². The summed E-state index contributed by atoms with van der Waals surface area (Å²) in [5.74, 6) is -2.18. The third-order valence-electron chi connectivity index (χ3n) is 9.11. The lowest BCUT2D eigenvalue weighted by Gasteiger charge is -2.41. The first-order valence-electron chi connectivity index (χ1n) is 14.7. The van der Waals surface area contributed by atoms with Crippen LogP contribution in [0.25, 0.3) is 22.2 Å². The SMILES string of the molecule is COc1cc(C(=O)NCC(O)(c2cc3c(c(-c4ccc(Cl)c(F)c4)n2)OC[C@]3(C)C(N)=O)C2CCC2)cc2cc(C(F)(F)F)cnc12. The van der Waals surface area contributed by atoms with Gasteiger partial charge in [-0.05, 0) is 62.1 Å². The van der Waals surface area contributed by atoms with Crippen LogP contribution in [0.1, 0.15) is 53.4 Å². The number of hydrogen-bond acceptors (Lipinski definition) is 7.